The highest BCUT2D eigenvalue weighted by atomic mass is 16.6. The van der Waals surface area contributed by atoms with E-state index in [4.69, 9.17) is 34.2 Å². The van der Waals surface area contributed by atoms with Gasteiger partial charge >= 0.3 is 5.97 Å². The van der Waals surface area contributed by atoms with Gasteiger partial charge < -0.3 is 44.8 Å². The zero-order chi connectivity index (χ0) is 28.7. The van der Waals surface area contributed by atoms with Crippen LogP contribution in [0.25, 0.3) is 0 Å². The minimum atomic E-state index is -0.444. The molecule has 0 aliphatic heterocycles. The van der Waals surface area contributed by atoms with Crippen molar-refractivity contribution in [1.29, 1.82) is 0 Å². The van der Waals surface area contributed by atoms with E-state index in [1.807, 2.05) is 6.92 Å². The van der Waals surface area contributed by atoms with Crippen LogP contribution in [-0.4, -0.2) is 109 Å². The van der Waals surface area contributed by atoms with Crippen molar-refractivity contribution in [3.05, 3.63) is 11.6 Å². The number of esters is 1. The molecule has 0 aromatic rings. The lowest BCUT2D eigenvalue weighted by Crippen LogP contribution is -2.46. The molecule has 0 saturated heterocycles. The lowest BCUT2D eigenvalue weighted by Gasteiger charge is -2.33. The van der Waals surface area contributed by atoms with Crippen molar-refractivity contribution in [3.8, 4) is 0 Å². The van der Waals surface area contributed by atoms with Gasteiger partial charge in [0.15, 0.2) is 0 Å². The predicted molar refractivity (Wildman–Crippen MR) is 145 cm³/mol. The monoisotopic (exact) mass is 559 g/mol. The maximum atomic E-state index is 12.2. The fourth-order valence-corrected chi connectivity index (χ4v) is 3.88. The van der Waals surface area contributed by atoms with Gasteiger partial charge in [0, 0.05) is 32.0 Å². The number of nitrogens with two attached hydrogens (primary N) is 1. The summed E-state index contributed by atoms with van der Waals surface area (Å²) in [5.41, 5.74) is 5.89. The van der Waals surface area contributed by atoms with Crippen LogP contribution in [0.5, 0.6) is 0 Å². The van der Waals surface area contributed by atoms with Gasteiger partial charge in [0.2, 0.25) is 11.8 Å². The second kappa shape index (κ2) is 22.7. The Hall–Kier alpha value is -2.09. The Kier molecular flexibility index (Phi) is 20.3. The first kappa shape index (κ1) is 34.9. The van der Waals surface area contributed by atoms with Crippen LogP contribution in [0.4, 0.5) is 0 Å². The van der Waals surface area contributed by atoms with Gasteiger partial charge in [-0.05, 0) is 38.7 Å². The molecule has 2 amide bonds. The van der Waals surface area contributed by atoms with Crippen LogP contribution in [0, 0.1) is 0 Å². The smallest absolute Gasteiger partial charge is 0.333 e. The summed E-state index contributed by atoms with van der Waals surface area (Å²) in [6.07, 6.45) is 3.85. The van der Waals surface area contributed by atoms with Crippen molar-refractivity contribution in [2.75, 3.05) is 72.6 Å². The largest absolute Gasteiger partial charge is 0.463 e. The standard InChI is InChI=1S/C27H49N3O9/c1-4-23(39-25-20-22(27(33)38-5-2)6-7-24(25)30-21(3)31)8-11-29-26(32)9-12-34-14-16-36-18-19-37-17-15-35-13-10-28/h20,23-25H,4-19,28H2,1-3H3,(H,29,32)(H,30,31)/t23?,24?,25-/m1/s1. The molecule has 1 aliphatic carbocycles. The van der Waals surface area contributed by atoms with Crippen molar-refractivity contribution in [2.24, 2.45) is 5.73 Å². The third kappa shape index (κ3) is 17.3. The van der Waals surface area contributed by atoms with Crippen molar-refractivity contribution < 1.29 is 42.8 Å². The number of rotatable bonds is 23. The molecule has 0 aromatic heterocycles. The van der Waals surface area contributed by atoms with Crippen molar-refractivity contribution >= 4 is 17.8 Å². The van der Waals surface area contributed by atoms with E-state index in [-0.39, 0.29) is 36.4 Å². The molecule has 3 atom stereocenters. The zero-order valence-corrected chi connectivity index (χ0v) is 23.9. The highest BCUT2D eigenvalue weighted by Gasteiger charge is 2.30. The van der Waals surface area contributed by atoms with Crippen LogP contribution in [0.2, 0.25) is 0 Å². The molecule has 226 valence electrons. The van der Waals surface area contributed by atoms with E-state index in [1.165, 1.54) is 6.92 Å². The summed E-state index contributed by atoms with van der Waals surface area (Å²) in [7, 11) is 0. The predicted octanol–water partition coefficient (Wildman–Crippen LogP) is 0.860. The van der Waals surface area contributed by atoms with E-state index in [2.05, 4.69) is 10.6 Å². The van der Waals surface area contributed by atoms with Gasteiger partial charge in [0.25, 0.3) is 0 Å². The van der Waals surface area contributed by atoms with Gasteiger partial charge in [-0.3, -0.25) is 9.59 Å². The summed E-state index contributed by atoms with van der Waals surface area (Å²) >= 11 is 0. The summed E-state index contributed by atoms with van der Waals surface area (Å²) in [6.45, 7) is 10.1. The summed E-state index contributed by atoms with van der Waals surface area (Å²) < 4.78 is 32.8. The Morgan fingerprint density at radius 1 is 0.974 bits per heavy atom. The van der Waals surface area contributed by atoms with E-state index in [0.29, 0.717) is 97.4 Å². The molecule has 0 aromatic carbocycles. The number of hydrogen-bond acceptors (Lipinski definition) is 10. The highest BCUT2D eigenvalue weighted by molar-refractivity contribution is 5.88. The van der Waals surface area contributed by atoms with Crippen LogP contribution in [0.3, 0.4) is 0 Å². The average molecular weight is 560 g/mol. The molecule has 0 heterocycles. The van der Waals surface area contributed by atoms with Gasteiger partial charge in [0.05, 0.1) is 77.7 Å². The minimum Gasteiger partial charge on any atom is -0.463 e. The molecule has 0 fully saturated rings. The number of carbonyl (C=O) groups is 3. The van der Waals surface area contributed by atoms with E-state index < -0.39 is 6.10 Å². The van der Waals surface area contributed by atoms with Crippen LogP contribution in [0.1, 0.15) is 52.9 Å². The molecule has 0 spiro atoms. The van der Waals surface area contributed by atoms with E-state index in [1.54, 1.807) is 13.0 Å². The molecule has 0 bridgehead atoms. The molecule has 0 radical (unpaired) electrons. The van der Waals surface area contributed by atoms with Crippen LogP contribution in [0.15, 0.2) is 11.6 Å². The topological polar surface area (TPSA) is 157 Å². The van der Waals surface area contributed by atoms with Crippen LogP contribution < -0.4 is 16.4 Å². The van der Waals surface area contributed by atoms with Gasteiger partial charge in [-0.2, -0.15) is 0 Å². The molecular weight excluding hydrogens is 510 g/mol. The summed E-state index contributed by atoms with van der Waals surface area (Å²) in [5.74, 6) is -0.602. The lowest BCUT2D eigenvalue weighted by atomic mass is 9.92. The number of amides is 2. The first-order chi connectivity index (χ1) is 18.9. The first-order valence-corrected chi connectivity index (χ1v) is 14.0. The third-order valence-electron chi connectivity index (χ3n) is 5.86. The Balaban J connectivity index is 2.23. The zero-order valence-electron chi connectivity index (χ0n) is 23.9. The Bertz CT molecular complexity index is 721. The molecule has 39 heavy (non-hydrogen) atoms. The molecule has 0 saturated carbocycles. The van der Waals surface area contributed by atoms with E-state index in [0.717, 1.165) is 6.42 Å². The Labute approximate surface area is 232 Å². The number of ether oxygens (including phenoxy) is 6. The second-order valence-corrected chi connectivity index (χ2v) is 9.02. The van der Waals surface area contributed by atoms with Crippen molar-refractivity contribution in [1.82, 2.24) is 10.6 Å². The van der Waals surface area contributed by atoms with Gasteiger partial charge in [0.1, 0.15) is 0 Å². The lowest BCUT2D eigenvalue weighted by molar-refractivity contribution is -0.139. The maximum Gasteiger partial charge on any atom is 0.333 e. The first-order valence-electron chi connectivity index (χ1n) is 14.0. The molecule has 4 N–H and O–H groups in total. The fraction of sp³-hybridized carbons (Fsp3) is 0.815. The normalized spacial score (nSPS) is 17.8. The number of carbonyl (C=O) groups excluding carboxylic acids is 3. The van der Waals surface area contributed by atoms with Crippen LogP contribution >= 0.6 is 0 Å². The Morgan fingerprint density at radius 2 is 1.59 bits per heavy atom. The molecule has 12 heteroatoms. The van der Waals surface area contributed by atoms with E-state index in [9.17, 15) is 14.4 Å². The molecule has 1 aliphatic rings. The van der Waals surface area contributed by atoms with Crippen LogP contribution in [-0.2, 0) is 42.8 Å². The fourth-order valence-electron chi connectivity index (χ4n) is 3.88. The van der Waals surface area contributed by atoms with E-state index >= 15 is 0 Å². The van der Waals surface area contributed by atoms with Gasteiger partial charge in [-0.25, -0.2) is 4.79 Å². The minimum absolute atomic E-state index is 0.102. The highest BCUT2D eigenvalue weighted by Crippen LogP contribution is 2.24. The SMILES string of the molecule is CCOC(=O)C1=C[C@@H](OC(CC)CCNC(=O)CCOCCOCCOCCOCCN)C(NC(C)=O)CC1. The molecule has 2 unspecified atom stereocenters. The summed E-state index contributed by atoms with van der Waals surface area (Å²) in [6, 6.07) is -0.223. The summed E-state index contributed by atoms with van der Waals surface area (Å²) in [4.78, 5) is 36.0. The summed E-state index contributed by atoms with van der Waals surface area (Å²) in [5, 5.41) is 5.81. The maximum absolute atomic E-state index is 12.2. The van der Waals surface area contributed by atoms with Crippen molar-refractivity contribution in [3.63, 3.8) is 0 Å². The average Bonchev–Trinajstić information content (AvgIpc) is 2.91. The third-order valence-corrected chi connectivity index (χ3v) is 5.86. The second-order valence-electron chi connectivity index (χ2n) is 9.02. The quantitative estimate of drug-likeness (QED) is 0.121. The Morgan fingerprint density at radius 3 is 2.15 bits per heavy atom. The molecule has 12 nitrogen and oxygen atoms in total. The molecule has 1 rings (SSSR count). The number of nitrogens with one attached hydrogen (secondary N) is 2. The van der Waals surface area contributed by atoms with Crippen molar-refractivity contribution in [2.45, 2.75) is 71.1 Å². The van der Waals surface area contributed by atoms with Gasteiger partial charge in [-0.15, -0.1) is 0 Å². The molecular formula is C27H49N3O9. The van der Waals surface area contributed by atoms with Gasteiger partial charge in [-0.1, -0.05) is 6.92 Å². The number of hydrogen-bond donors (Lipinski definition) is 3.